The van der Waals surface area contributed by atoms with Crippen LogP contribution in [0.3, 0.4) is 0 Å². The molecule has 0 spiro atoms. The third-order valence-corrected chi connectivity index (χ3v) is 2.53. The molecule has 0 aliphatic heterocycles. The van der Waals surface area contributed by atoms with E-state index in [1.807, 2.05) is 0 Å². The van der Waals surface area contributed by atoms with Crippen molar-refractivity contribution in [3.8, 4) is 0 Å². The molecule has 1 N–H and O–H groups in total. The number of nitrogens with one attached hydrogen (secondary N) is 1. The lowest BCUT2D eigenvalue weighted by molar-refractivity contribution is 0.0599. The average Bonchev–Trinajstić information content (AvgIpc) is 2.95. The van der Waals surface area contributed by atoms with Crippen LogP contribution in [0.15, 0.2) is 15.0 Å². The van der Waals surface area contributed by atoms with E-state index in [1.54, 1.807) is 19.9 Å². The lowest BCUT2D eigenvalue weighted by Crippen LogP contribution is -2.13. The van der Waals surface area contributed by atoms with E-state index >= 15 is 0 Å². The highest BCUT2D eigenvalue weighted by atomic mass is 16.5. The number of ether oxygens (including phenoxy) is 1. The topological polar surface area (TPSA) is 90.4 Å². The van der Waals surface area contributed by atoms with Crippen LogP contribution in [0, 0.1) is 13.8 Å². The first kappa shape index (κ1) is 13.3. The van der Waals surface area contributed by atoms with Crippen molar-refractivity contribution in [2.24, 2.45) is 0 Å². The summed E-state index contributed by atoms with van der Waals surface area (Å²) in [5.74, 6) is 1.89. The predicted octanol–water partition coefficient (Wildman–Crippen LogP) is 1.36. The number of carbonyl (C=O) groups excluding carboxylic acids is 1. The van der Waals surface area contributed by atoms with Crippen molar-refractivity contribution < 1.29 is 18.5 Å². The molecule has 0 saturated heterocycles. The molecule has 0 unspecified atom stereocenters. The maximum Gasteiger partial charge on any atom is 0.341 e. The molecule has 2 aromatic heterocycles. The van der Waals surface area contributed by atoms with Crippen molar-refractivity contribution in [2.75, 3.05) is 7.11 Å². The SMILES string of the molecule is COC(=O)c1cc(CNCc2noc(C)n2)oc1C. The average molecular weight is 265 g/mol. The van der Waals surface area contributed by atoms with Crippen LogP contribution in [-0.4, -0.2) is 23.2 Å². The van der Waals surface area contributed by atoms with Crippen LogP contribution in [-0.2, 0) is 17.8 Å². The smallest absolute Gasteiger partial charge is 0.341 e. The Kier molecular flexibility index (Phi) is 3.96. The minimum Gasteiger partial charge on any atom is -0.465 e. The summed E-state index contributed by atoms with van der Waals surface area (Å²) in [7, 11) is 1.34. The number of aryl methyl sites for hydroxylation is 2. The Balaban J connectivity index is 1.91. The summed E-state index contributed by atoms with van der Waals surface area (Å²) in [6.07, 6.45) is 0. The summed E-state index contributed by atoms with van der Waals surface area (Å²) in [6.45, 7) is 4.38. The van der Waals surface area contributed by atoms with Gasteiger partial charge in [0.25, 0.3) is 0 Å². The molecule has 19 heavy (non-hydrogen) atoms. The van der Waals surface area contributed by atoms with Gasteiger partial charge in [-0.3, -0.25) is 0 Å². The lowest BCUT2D eigenvalue weighted by Gasteiger charge is -1.97. The normalized spacial score (nSPS) is 10.7. The first-order chi connectivity index (χ1) is 9.10. The van der Waals surface area contributed by atoms with Crippen molar-refractivity contribution in [3.05, 3.63) is 34.9 Å². The largest absolute Gasteiger partial charge is 0.465 e. The second-order valence-corrected chi connectivity index (χ2v) is 4.01. The van der Waals surface area contributed by atoms with Gasteiger partial charge in [0, 0.05) is 6.92 Å². The van der Waals surface area contributed by atoms with Crippen LogP contribution in [0.5, 0.6) is 0 Å². The highest BCUT2D eigenvalue weighted by molar-refractivity contribution is 5.90. The van der Waals surface area contributed by atoms with Gasteiger partial charge in [0.1, 0.15) is 17.1 Å². The van der Waals surface area contributed by atoms with Crippen LogP contribution in [0.25, 0.3) is 0 Å². The van der Waals surface area contributed by atoms with Crippen LogP contribution in [0.2, 0.25) is 0 Å². The van der Waals surface area contributed by atoms with Crippen LogP contribution in [0.4, 0.5) is 0 Å². The molecule has 0 amide bonds. The molecule has 0 fully saturated rings. The van der Waals surface area contributed by atoms with Crippen molar-refractivity contribution in [1.29, 1.82) is 0 Å². The van der Waals surface area contributed by atoms with E-state index in [-0.39, 0.29) is 0 Å². The maximum absolute atomic E-state index is 11.4. The Labute approximate surface area is 109 Å². The van der Waals surface area contributed by atoms with Gasteiger partial charge in [-0.1, -0.05) is 5.16 Å². The predicted molar refractivity (Wildman–Crippen MR) is 64.4 cm³/mol. The fourth-order valence-corrected chi connectivity index (χ4v) is 1.65. The zero-order chi connectivity index (χ0) is 13.8. The highest BCUT2D eigenvalue weighted by Crippen LogP contribution is 2.15. The number of esters is 1. The van der Waals surface area contributed by atoms with Crippen LogP contribution < -0.4 is 5.32 Å². The molecular weight excluding hydrogens is 250 g/mol. The van der Waals surface area contributed by atoms with Crippen molar-refractivity contribution >= 4 is 5.97 Å². The Morgan fingerprint density at radius 1 is 1.42 bits per heavy atom. The third kappa shape index (κ3) is 3.19. The summed E-state index contributed by atoms with van der Waals surface area (Å²) in [5, 5.41) is 6.86. The molecule has 0 aromatic carbocycles. The van der Waals surface area contributed by atoms with Gasteiger partial charge in [0.2, 0.25) is 5.89 Å². The van der Waals surface area contributed by atoms with Crippen molar-refractivity contribution in [3.63, 3.8) is 0 Å². The Bertz CT molecular complexity index is 573. The van der Waals surface area contributed by atoms with E-state index in [2.05, 4.69) is 20.2 Å². The second kappa shape index (κ2) is 5.66. The summed E-state index contributed by atoms with van der Waals surface area (Å²) >= 11 is 0. The Morgan fingerprint density at radius 3 is 2.84 bits per heavy atom. The van der Waals surface area contributed by atoms with E-state index in [0.717, 1.165) is 0 Å². The zero-order valence-electron chi connectivity index (χ0n) is 11.0. The monoisotopic (exact) mass is 265 g/mol. The van der Waals surface area contributed by atoms with Crippen molar-refractivity contribution in [1.82, 2.24) is 15.5 Å². The minimum atomic E-state index is -0.402. The standard InChI is InChI=1S/C12H15N3O4/c1-7-10(12(16)17-3)4-9(18-7)5-13-6-11-14-8(2)19-15-11/h4,13H,5-6H2,1-3H3. The van der Waals surface area contributed by atoms with Gasteiger partial charge in [-0.05, 0) is 13.0 Å². The first-order valence-electron chi connectivity index (χ1n) is 5.77. The fraction of sp³-hybridized carbons (Fsp3) is 0.417. The molecule has 0 radical (unpaired) electrons. The van der Waals surface area contributed by atoms with E-state index < -0.39 is 5.97 Å². The van der Waals surface area contributed by atoms with E-state index in [4.69, 9.17) is 8.94 Å². The molecule has 2 rings (SSSR count). The number of carbonyl (C=O) groups is 1. The number of nitrogens with zero attached hydrogens (tertiary/aromatic N) is 2. The molecule has 0 aliphatic rings. The van der Waals surface area contributed by atoms with Gasteiger partial charge < -0.3 is 19.0 Å². The molecule has 2 heterocycles. The van der Waals surface area contributed by atoms with Gasteiger partial charge in [-0.25, -0.2) is 4.79 Å². The Morgan fingerprint density at radius 2 is 2.21 bits per heavy atom. The molecule has 102 valence electrons. The number of hydrogen-bond acceptors (Lipinski definition) is 7. The molecule has 7 heteroatoms. The quantitative estimate of drug-likeness (QED) is 0.816. The van der Waals surface area contributed by atoms with Gasteiger partial charge in [0.05, 0.1) is 20.2 Å². The van der Waals surface area contributed by atoms with Crippen molar-refractivity contribution in [2.45, 2.75) is 26.9 Å². The van der Waals surface area contributed by atoms with E-state index in [9.17, 15) is 4.79 Å². The lowest BCUT2D eigenvalue weighted by atomic mass is 10.2. The molecule has 7 nitrogen and oxygen atoms in total. The highest BCUT2D eigenvalue weighted by Gasteiger charge is 2.15. The first-order valence-corrected chi connectivity index (χ1v) is 5.77. The molecular formula is C12H15N3O4. The van der Waals surface area contributed by atoms with Gasteiger partial charge in [-0.2, -0.15) is 4.98 Å². The molecule has 0 bridgehead atoms. The summed E-state index contributed by atoms with van der Waals surface area (Å²) in [4.78, 5) is 15.5. The zero-order valence-corrected chi connectivity index (χ0v) is 11.0. The number of rotatable bonds is 5. The van der Waals surface area contributed by atoms with Gasteiger partial charge >= 0.3 is 5.97 Å². The molecule has 0 atom stereocenters. The van der Waals surface area contributed by atoms with Gasteiger partial charge in [-0.15, -0.1) is 0 Å². The number of furan rings is 1. The number of methoxy groups -OCH3 is 1. The van der Waals surface area contributed by atoms with E-state index in [1.165, 1.54) is 7.11 Å². The summed E-state index contributed by atoms with van der Waals surface area (Å²) < 4.78 is 15.0. The minimum absolute atomic E-state index is 0.402. The van der Waals surface area contributed by atoms with E-state index in [0.29, 0.717) is 41.9 Å². The second-order valence-electron chi connectivity index (χ2n) is 4.01. The van der Waals surface area contributed by atoms with Crippen LogP contribution in [0.1, 0.15) is 33.6 Å². The maximum atomic E-state index is 11.4. The van der Waals surface area contributed by atoms with Gasteiger partial charge in [0.15, 0.2) is 5.82 Å². The molecule has 0 saturated carbocycles. The number of hydrogen-bond donors (Lipinski definition) is 1. The summed E-state index contributed by atoms with van der Waals surface area (Å²) in [5.41, 5.74) is 0.440. The summed E-state index contributed by atoms with van der Waals surface area (Å²) in [6, 6.07) is 1.66. The molecule has 2 aromatic rings. The molecule has 0 aliphatic carbocycles. The Hall–Kier alpha value is -2.15. The third-order valence-electron chi connectivity index (χ3n) is 2.53. The van der Waals surface area contributed by atoms with Crippen LogP contribution >= 0.6 is 0 Å². The fourth-order valence-electron chi connectivity index (χ4n) is 1.65. The number of aromatic nitrogens is 2.